The van der Waals surface area contributed by atoms with Gasteiger partial charge in [-0.25, -0.2) is 0 Å². The Morgan fingerprint density at radius 1 is 1.13 bits per heavy atom. The second-order valence-corrected chi connectivity index (χ2v) is 8.05. The van der Waals surface area contributed by atoms with Gasteiger partial charge in [0.2, 0.25) is 0 Å². The van der Waals surface area contributed by atoms with E-state index in [1.165, 1.54) is 32.1 Å². The van der Waals surface area contributed by atoms with Gasteiger partial charge in [0.1, 0.15) is 0 Å². The first kappa shape index (κ1) is 13.2. The quantitative estimate of drug-likeness (QED) is 0.679. The fourth-order valence-corrected chi connectivity index (χ4v) is 6.39. The Labute approximate surface area is 95.1 Å². The monoisotopic (exact) mass is 231 g/mol. The van der Waals surface area contributed by atoms with Crippen molar-refractivity contribution in [2.24, 2.45) is 0 Å². The molecule has 0 aliphatic heterocycles. The molecule has 0 aromatic carbocycles. The molecule has 0 amide bonds. The smallest absolute Gasteiger partial charge is 0.386 e. The van der Waals surface area contributed by atoms with Crippen LogP contribution in [0.4, 0.5) is 0 Å². The zero-order valence-corrected chi connectivity index (χ0v) is 11.6. The van der Waals surface area contributed by atoms with Crippen molar-refractivity contribution in [1.29, 1.82) is 0 Å². The molecule has 0 radical (unpaired) electrons. The van der Waals surface area contributed by atoms with Gasteiger partial charge in [-0.3, -0.25) is 4.57 Å². The average Bonchev–Trinajstić information content (AvgIpc) is 2.32. The number of hydrogen-bond donors (Lipinski definition) is 0. The van der Waals surface area contributed by atoms with Crippen LogP contribution in [0.15, 0.2) is 0 Å². The normalized spacial score (nSPS) is 19.8. The van der Waals surface area contributed by atoms with Crippen LogP contribution in [0.2, 0.25) is 5.54 Å². The first-order chi connectivity index (χ1) is 7.21. The second kappa shape index (κ2) is 5.99. The molecular weight excluding hydrogens is 206 g/mol. The summed E-state index contributed by atoms with van der Waals surface area (Å²) in [7, 11) is 3.65. The topological polar surface area (TPSA) is 21.7 Å². The van der Waals surface area contributed by atoms with Gasteiger partial charge < -0.3 is 8.85 Å². The lowest BCUT2D eigenvalue weighted by atomic mass is 10.0. The molecule has 0 unspecified atom stereocenters. The largest absolute Gasteiger partial charge is 0.430 e. The van der Waals surface area contributed by atoms with Gasteiger partial charge in [0.05, 0.1) is 0 Å². The fourth-order valence-electron chi connectivity index (χ4n) is 2.73. The maximum atomic E-state index is 5.82. The van der Waals surface area contributed by atoms with Gasteiger partial charge in [0.15, 0.2) is 0 Å². The Morgan fingerprint density at radius 2 is 1.67 bits per heavy atom. The van der Waals surface area contributed by atoms with Crippen LogP contribution in [-0.2, 0) is 8.85 Å². The summed E-state index contributed by atoms with van der Waals surface area (Å²) in [6.07, 6.45) is 6.61. The Hall–Kier alpha value is 0.0969. The maximum Gasteiger partial charge on any atom is 0.430 e. The standard InChI is InChI=1S/C11H25NO2Si/c1-5-12(2)15(13-3,14-4)11-9-7-6-8-10-11/h11H,5-10H2,1-4H3. The lowest BCUT2D eigenvalue weighted by molar-refractivity contribution is 0.156. The molecule has 0 atom stereocenters. The summed E-state index contributed by atoms with van der Waals surface area (Å²) in [4.78, 5) is 0. The van der Waals surface area contributed by atoms with Crippen LogP contribution in [0.25, 0.3) is 0 Å². The molecule has 0 aromatic rings. The lowest BCUT2D eigenvalue weighted by Gasteiger charge is -2.42. The first-order valence-corrected chi connectivity index (χ1v) is 7.87. The van der Waals surface area contributed by atoms with Crippen LogP contribution in [0.5, 0.6) is 0 Å². The van der Waals surface area contributed by atoms with Gasteiger partial charge in [-0.2, -0.15) is 0 Å². The van der Waals surface area contributed by atoms with Crippen LogP contribution in [0.3, 0.4) is 0 Å². The summed E-state index contributed by atoms with van der Waals surface area (Å²) < 4.78 is 14.0. The number of hydrogen-bond acceptors (Lipinski definition) is 3. The van der Waals surface area contributed by atoms with Gasteiger partial charge in [-0.15, -0.1) is 0 Å². The van der Waals surface area contributed by atoms with Crippen LogP contribution in [0.1, 0.15) is 39.0 Å². The zero-order chi connectivity index (χ0) is 11.3. The highest BCUT2D eigenvalue weighted by Crippen LogP contribution is 2.38. The third-order valence-corrected chi connectivity index (χ3v) is 7.87. The van der Waals surface area contributed by atoms with Crippen molar-refractivity contribution in [1.82, 2.24) is 4.57 Å². The highest BCUT2D eigenvalue weighted by Gasteiger charge is 2.48. The van der Waals surface area contributed by atoms with Crippen molar-refractivity contribution < 1.29 is 8.85 Å². The van der Waals surface area contributed by atoms with E-state index in [4.69, 9.17) is 8.85 Å². The summed E-state index contributed by atoms with van der Waals surface area (Å²) in [6, 6.07) is 0. The van der Waals surface area contributed by atoms with E-state index >= 15 is 0 Å². The van der Waals surface area contributed by atoms with Crippen molar-refractivity contribution in [3.05, 3.63) is 0 Å². The van der Waals surface area contributed by atoms with E-state index in [1.807, 2.05) is 14.2 Å². The van der Waals surface area contributed by atoms with Crippen molar-refractivity contribution in [3.8, 4) is 0 Å². The van der Waals surface area contributed by atoms with E-state index < -0.39 is 8.72 Å². The summed E-state index contributed by atoms with van der Waals surface area (Å²) in [5.74, 6) is 0. The van der Waals surface area contributed by atoms with Crippen molar-refractivity contribution >= 4 is 8.72 Å². The molecule has 15 heavy (non-hydrogen) atoms. The van der Waals surface area contributed by atoms with E-state index in [9.17, 15) is 0 Å². The lowest BCUT2D eigenvalue weighted by Crippen LogP contribution is -2.59. The molecule has 0 spiro atoms. The third kappa shape index (κ3) is 2.61. The first-order valence-electron chi connectivity index (χ1n) is 6.02. The molecule has 1 aliphatic rings. The minimum absolute atomic E-state index is 0.645. The minimum Gasteiger partial charge on any atom is -0.386 e. The van der Waals surface area contributed by atoms with Crippen molar-refractivity contribution in [2.45, 2.75) is 44.6 Å². The summed E-state index contributed by atoms with van der Waals surface area (Å²) in [5.41, 5.74) is 0.645. The molecule has 3 nitrogen and oxygen atoms in total. The molecule has 0 N–H and O–H groups in total. The van der Waals surface area contributed by atoms with E-state index in [1.54, 1.807) is 0 Å². The molecular formula is C11H25NO2Si. The predicted octanol–water partition coefficient (Wildman–Crippen LogP) is 2.50. The maximum absolute atomic E-state index is 5.82. The summed E-state index contributed by atoms with van der Waals surface area (Å²) in [6.45, 7) is 3.17. The van der Waals surface area contributed by atoms with Crippen LogP contribution < -0.4 is 0 Å². The molecule has 4 heteroatoms. The molecule has 1 aliphatic carbocycles. The minimum atomic E-state index is -2.11. The van der Waals surface area contributed by atoms with Crippen LogP contribution in [0, 0.1) is 0 Å². The Bertz CT molecular complexity index is 179. The van der Waals surface area contributed by atoms with Gasteiger partial charge in [0, 0.05) is 19.8 Å². The molecule has 0 aromatic heterocycles. The van der Waals surface area contributed by atoms with E-state index in [0.717, 1.165) is 6.54 Å². The van der Waals surface area contributed by atoms with Gasteiger partial charge >= 0.3 is 8.72 Å². The van der Waals surface area contributed by atoms with Gasteiger partial charge in [-0.05, 0) is 26.4 Å². The fraction of sp³-hybridized carbons (Fsp3) is 1.00. The molecule has 0 heterocycles. The Kier molecular flexibility index (Phi) is 5.25. The van der Waals surface area contributed by atoms with E-state index in [0.29, 0.717) is 5.54 Å². The van der Waals surface area contributed by atoms with Crippen molar-refractivity contribution in [3.63, 3.8) is 0 Å². The summed E-state index contributed by atoms with van der Waals surface area (Å²) >= 11 is 0. The Balaban J connectivity index is 2.77. The highest BCUT2D eigenvalue weighted by molar-refractivity contribution is 6.66. The van der Waals surface area contributed by atoms with Crippen molar-refractivity contribution in [2.75, 3.05) is 27.8 Å². The van der Waals surface area contributed by atoms with E-state index in [2.05, 4.69) is 18.5 Å². The van der Waals surface area contributed by atoms with Crippen LogP contribution >= 0.6 is 0 Å². The molecule has 0 bridgehead atoms. The molecule has 1 saturated carbocycles. The molecule has 1 fully saturated rings. The van der Waals surface area contributed by atoms with E-state index in [-0.39, 0.29) is 0 Å². The number of nitrogens with zero attached hydrogens (tertiary/aromatic N) is 1. The SMILES string of the molecule is CCN(C)[Si](OC)(OC)C1CCCCC1. The van der Waals surface area contributed by atoms with Crippen LogP contribution in [-0.4, -0.2) is 41.1 Å². The average molecular weight is 231 g/mol. The predicted molar refractivity (Wildman–Crippen MR) is 64.9 cm³/mol. The highest BCUT2D eigenvalue weighted by atomic mass is 28.4. The third-order valence-electron chi connectivity index (χ3n) is 3.71. The number of rotatable bonds is 5. The Morgan fingerprint density at radius 3 is 2.07 bits per heavy atom. The summed E-state index contributed by atoms with van der Waals surface area (Å²) in [5, 5.41) is 0. The zero-order valence-electron chi connectivity index (χ0n) is 10.6. The van der Waals surface area contributed by atoms with Gasteiger partial charge in [0.25, 0.3) is 0 Å². The second-order valence-electron chi connectivity index (χ2n) is 4.39. The van der Waals surface area contributed by atoms with Gasteiger partial charge in [-0.1, -0.05) is 26.2 Å². The molecule has 1 rings (SSSR count). The molecule has 90 valence electrons. The molecule has 0 saturated heterocycles.